The van der Waals surface area contributed by atoms with E-state index in [2.05, 4.69) is 15.4 Å². The van der Waals surface area contributed by atoms with Crippen LogP contribution in [0.15, 0.2) is 40.9 Å². The van der Waals surface area contributed by atoms with E-state index in [1.807, 2.05) is 18.2 Å². The Morgan fingerprint density at radius 2 is 1.95 bits per heavy atom. The van der Waals surface area contributed by atoms with E-state index in [0.717, 1.165) is 88.1 Å². The van der Waals surface area contributed by atoms with Gasteiger partial charge in [-0.15, -0.1) is 0 Å². The molecule has 2 fully saturated rings. The molecular weight excluding hydrogens is 473 g/mol. The number of ether oxygens (including phenoxy) is 2. The molecule has 4 heterocycles. The summed E-state index contributed by atoms with van der Waals surface area (Å²) in [5, 5.41) is 8.53. The largest absolute Gasteiger partial charge is 0.493 e. The number of hydrogen-bond donors (Lipinski definition) is 1. The molecule has 196 valence electrons. The van der Waals surface area contributed by atoms with Crippen molar-refractivity contribution >= 4 is 16.8 Å². The highest BCUT2D eigenvalue weighted by Crippen LogP contribution is 2.40. The zero-order valence-corrected chi connectivity index (χ0v) is 21.1. The average Bonchev–Trinajstić information content (AvgIpc) is 3.32. The number of fused-ring (bicyclic) bond motifs is 2. The number of hydrogen-bond acceptors (Lipinski definition) is 7. The Morgan fingerprint density at radius 3 is 2.78 bits per heavy atom. The maximum absolute atomic E-state index is 13.4. The number of unbranched alkanes of at least 4 members (excludes halogenated alkanes) is 1. The first-order valence-electron chi connectivity index (χ1n) is 13.6. The van der Waals surface area contributed by atoms with E-state index in [4.69, 9.17) is 14.0 Å². The van der Waals surface area contributed by atoms with Gasteiger partial charge in [0, 0.05) is 36.3 Å². The second kappa shape index (κ2) is 10.4. The summed E-state index contributed by atoms with van der Waals surface area (Å²) in [7, 11) is 0. The van der Waals surface area contributed by atoms with Gasteiger partial charge >= 0.3 is 0 Å². The van der Waals surface area contributed by atoms with Crippen LogP contribution in [0, 0.1) is 5.82 Å². The number of aromatic nitrogens is 1. The fourth-order valence-electron chi connectivity index (χ4n) is 6.01. The highest BCUT2D eigenvalue weighted by molar-refractivity contribution is 6.00. The molecule has 1 spiro atoms. The minimum atomic E-state index is -0.361. The van der Waals surface area contributed by atoms with Crippen molar-refractivity contribution in [3.8, 4) is 11.5 Å². The Labute approximate surface area is 216 Å². The van der Waals surface area contributed by atoms with Crippen LogP contribution in [-0.4, -0.2) is 60.8 Å². The SMILES string of the molecule is O=C1CC2(CCNCC2)Oc2cc(OCCCCN3CCC(c4noc5cc(F)ccc45)CC3)ccc21. The van der Waals surface area contributed by atoms with Crippen molar-refractivity contribution < 1.29 is 23.2 Å². The number of benzene rings is 2. The normalized spacial score (nSPS) is 20.2. The zero-order valence-electron chi connectivity index (χ0n) is 21.1. The Kier molecular flexibility index (Phi) is 6.86. The Balaban J connectivity index is 0.945. The second-order valence-corrected chi connectivity index (χ2v) is 10.7. The summed E-state index contributed by atoms with van der Waals surface area (Å²) in [6.45, 7) is 5.49. The summed E-state index contributed by atoms with van der Waals surface area (Å²) in [4.78, 5) is 15.2. The molecule has 2 saturated heterocycles. The predicted molar refractivity (Wildman–Crippen MR) is 138 cm³/mol. The van der Waals surface area contributed by atoms with Crippen molar-refractivity contribution in [2.24, 2.45) is 0 Å². The Hall–Kier alpha value is -2.97. The van der Waals surface area contributed by atoms with E-state index < -0.39 is 0 Å². The van der Waals surface area contributed by atoms with Crippen molar-refractivity contribution in [3.63, 3.8) is 0 Å². The number of piperidine rings is 2. The van der Waals surface area contributed by atoms with Gasteiger partial charge in [-0.2, -0.15) is 0 Å². The highest BCUT2D eigenvalue weighted by Gasteiger charge is 2.41. The van der Waals surface area contributed by atoms with Gasteiger partial charge in [-0.1, -0.05) is 5.16 Å². The minimum absolute atomic E-state index is 0.170. The molecule has 3 aromatic rings. The maximum atomic E-state index is 13.4. The molecule has 6 rings (SSSR count). The van der Waals surface area contributed by atoms with Crippen LogP contribution in [-0.2, 0) is 0 Å². The third kappa shape index (κ3) is 5.22. The molecule has 3 aliphatic rings. The number of rotatable bonds is 7. The van der Waals surface area contributed by atoms with Gasteiger partial charge in [0.2, 0.25) is 0 Å². The van der Waals surface area contributed by atoms with Crippen LogP contribution in [0.3, 0.4) is 0 Å². The molecule has 0 amide bonds. The van der Waals surface area contributed by atoms with Crippen molar-refractivity contribution in [2.45, 2.75) is 56.5 Å². The number of Topliss-reactive ketones (excluding diaryl/α,β-unsaturated/α-hetero) is 1. The van der Waals surface area contributed by atoms with E-state index in [9.17, 15) is 9.18 Å². The van der Waals surface area contributed by atoms with Crippen LogP contribution in [0.5, 0.6) is 11.5 Å². The first-order chi connectivity index (χ1) is 18.1. The van der Waals surface area contributed by atoms with Gasteiger partial charge in [-0.05, 0) is 82.7 Å². The van der Waals surface area contributed by atoms with Crippen LogP contribution in [0.2, 0.25) is 0 Å². The fourth-order valence-corrected chi connectivity index (χ4v) is 6.01. The van der Waals surface area contributed by atoms with E-state index in [1.54, 1.807) is 6.07 Å². The molecule has 1 aromatic heterocycles. The van der Waals surface area contributed by atoms with Crippen LogP contribution in [0.4, 0.5) is 4.39 Å². The number of nitrogens with one attached hydrogen (secondary N) is 1. The van der Waals surface area contributed by atoms with E-state index in [1.165, 1.54) is 12.1 Å². The van der Waals surface area contributed by atoms with Crippen molar-refractivity contribution in [2.75, 3.05) is 39.3 Å². The zero-order chi connectivity index (χ0) is 25.2. The topological polar surface area (TPSA) is 76.8 Å². The number of likely N-dealkylation sites (tertiary alicyclic amines) is 1. The van der Waals surface area contributed by atoms with Crippen molar-refractivity contribution in [3.05, 3.63) is 53.5 Å². The molecule has 0 radical (unpaired) electrons. The molecule has 0 unspecified atom stereocenters. The lowest BCUT2D eigenvalue weighted by atomic mass is 9.83. The lowest BCUT2D eigenvalue weighted by Gasteiger charge is -2.40. The Bertz CT molecular complexity index is 1260. The van der Waals surface area contributed by atoms with Gasteiger partial charge in [0.15, 0.2) is 11.4 Å². The molecular formula is C29H34FN3O4. The van der Waals surface area contributed by atoms with Gasteiger partial charge in [0.1, 0.15) is 22.9 Å². The van der Waals surface area contributed by atoms with Gasteiger partial charge in [-0.25, -0.2) is 4.39 Å². The average molecular weight is 508 g/mol. The molecule has 0 aliphatic carbocycles. The van der Waals surface area contributed by atoms with Gasteiger partial charge < -0.3 is 24.2 Å². The Morgan fingerprint density at radius 1 is 1.11 bits per heavy atom. The lowest BCUT2D eigenvalue weighted by molar-refractivity contribution is 0.0185. The number of nitrogens with zero attached hydrogens (tertiary/aromatic N) is 2. The van der Waals surface area contributed by atoms with Crippen LogP contribution in [0.1, 0.15) is 66.9 Å². The molecule has 7 nitrogen and oxygen atoms in total. The standard InChI is InChI=1S/C29H34FN3O4/c30-21-3-5-24-27(17-21)37-32-28(24)20-7-14-33(15-8-20)13-1-2-16-35-22-4-6-23-25(34)19-29(36-26(23)18-22)9-11-31-12-10-29/h3-6,17-18,20,31H,1-2,7-16,19H2. The maximum Gasteiger partial charge on any atom is 0.170 e. The van der Waals surface area contributed by atoms with Gasteiger partial charge in [0.25, 0.3) is 0 Å². The van der Waals surface area contributed by atoms with Gasteiger partial charge in [0.05, 0.1) is 24.3 Å². The van der Waals surface area contributed by atoms with Crippen LogP contribution in [0.25, 0.3) is 11.0 Å². The first-order valence-corrected chi connectivity index (χ1v) is 13.6. The fraction of sp³-hybridized carbons (Fsp3) is 0.517. The summed E-state index contributed by atoms with van der Waals surface area (Å²) >= 11 is 0. The summed E-state index contributed by atoms with van der Waals surface area (Å²) in [5.41, 5.74) is 1.80. The molecule has 0 bridgehead atoms. The van der Waals surface area contributed by atoms with E-state index in [-0.39, 0.29) is 17.2 Å². The minimum Gasteiger partial charge on any atom is -0.493 e. The number of carbonyl (C=O) groups excluding carboxylic acids is 1. The summed E-state index contributed by atoms with van der Waals surface area (Å²) < 4.78 is 31.2. The predicted octanol–water partition coefficient (Wildman–Crippen LogP) is 5.09. The van der Waals surface area contributed by atoms with Crippen molar-refractivity contribution in [1.82, 2.24) is 15.4 Å². The smallest absolute Gasteiger partial charge is 0.170 e. The van der Waals surface area contributed by atoms with E-state index in [0.29, 0.717) is 35.8 Å². The van der Waals surface area contributed by atoms with Crippen molar-refractivity contribution in [1.29, 1.82) is 0 Å². The summed E-state index contributed by atoms with van der Waals surface area (Å²) in [6, 6.07) is 10.3. The molecule has 37 heavy (non-hydrogen) atoms. The monoisotopic (exact) mass is 507 g/mol. The molecule has 2 aromatic carbocycles. The van der Waals surface area contributed by atoms with E-state index >= 15 is 0 Å². The lowest BCUT2D eigenvalue weighted by Crippen LogP contribution is -2.49. The number of halogens is 1. The number of ketones is 1. The third-order valence-electron chi connectivity index (χ3n) is 8.15. The molecule has 3 aliphatic heterocycles. The number of carbonyl (C=O) groups is 1. The third-order valence-corrected chi connectivity index (χ3v) is 8.15. The summed E-state index contributed by atoms with van der Waals surface area (Å²) in [6.07, 6.45) is 6.26. The molecule has 0 saturated carbocycles. The summed E-state index contributed by atoms with van der Waals surface area (Å²) in [5.74, 6) is 1.66. The second-order valence-electron chi connectivity index (χ2n) is 10.7. The van der Waals surface area contributed by atoms with Crippen LogP contribution < -0.4 is 14.8 Å². The first kappa shape index (κ1) is 24.4. The molecule has 8 heteroatoms. The van der Waals surface area contributed by atoms with Gasteiger partial charge in [-0.3, -0.25) is 4.79 Å². The quantitative estimate of drug-likeness (QED) is 0.446. The highest BCUT2D eigenvalue weighted by atomic mass is 19.1. The molecule has 0 atom stereocenters. The molecule has 1 N–H and O–H groups in total. The van der Waals surface area contributed by atoms with Crippen LogP contribution >= 0.6 is 0 Å².